The molecule has 2 atom stereocenters. The standard InChI is InChI=1S/C27H20N2O5/c30-20(28-15-7-5-6-14(12-15)27(33)34)13-29-25(31)23-21-16-8-1-2-9-17(16)22(24(23)26(29)32)19-11-4-3-10-18(19)21/h1-12,21-24H,13H2,(H,28,30)(H,33,34)/t21?,22?,23-,24-/m1/s1. The fourth-order valence-corrected chi connectivity index (χ4v) is 5.97. The van der Waals surface area contributed by atoms with Gasteiger partial charge in [-0.1, -0.05) is 54.6 Å². The van der Waals surface area contributed by atoms with Crippen LogP contribution in [-0.2, 0) is 14.4 Å². The number of hydrogen-bond acceptors (Lipinski definition) is 4. The highest BCUT2D eigenvalue weighted by atomic mass is 16.4. The van der Waals surface area contributed by atoms with Crippen molar-refractivity contribution in [2.75, 3.05) is 11.9 Å². The second kappa shape index (κ2) is 7.38. The number of carbonyl (C=O) groups is 4. The van der Waals surface area contributed by atoms with Crippen molar-refractivity contribution < 1.29 is 24.3 Å². The van der Waals surface area contributed by atoms with Gasteiger partial charge in [-0.3, -0.25) is 19.3 Å². The van der Waals surface area contributed by atoms with Gasteiger partial charge >= 0.3 is 5.97 Å². The molecule has 2 N–H and O–H groups in total. The molecule has 7 nitrogen and oxygen atoms in total. The highest BCUT2D eigenvalue weighted by Crippen LogP contribution is 2.60. The molecule has 3 aromatic rings. The van der Waals surface area contributed by atoms with Gasteiger partial charge in [-0.25, -0.2) is 4.79 Å². The number of imide groups is 1. The average Bonchev–Trinajstić information content (AvgIpc) is 3.09. The van der Waals surface area contributed by atoms with Crippen LogP contribution in [0.2, 0.25) is 0 Å². The molecule has 0 saturated carbocycles. The molecule has 0 aromatic heterocycles. The Balaban J connectivity index is 1.31. The Kier molecular flexibility index (Phi) is 4.42. The third-order valence-corrected chi connectivity index (χ3v) is 7.23. The lowest BCUT2D eigenvalue weighted by Gasteiger charge is -2.45. The molecule has 3 amide bonds. The number of carboxylic acids is 1. The van der Waals surface area contributed by atoms with Crippen LogP contribution >= 0.6 is 0 Å². The SMILES string of the molecule is O=C(CN1C(=O)[C@@H]2C3c4ccccc4C(c4ccccc43)[C@H]2C1=O)Nc1cccc(C(=O)O)c1. The van der Waals surface area contributed by atoms with Gasteiger partial charge in [-0.2, -0.15) is 0 Å². The van der Waals surface area contributed by atoms with Crippen LogP contribution in [0.4, 0.5) is 5.69 Å². The number of amides is 3. The predicted molar refractivity (Wildman–Crippen MR) is 122 cm³/mol. The Morgan fingerprint density at radius 2 is 1.26 bits per heavy atom. The molecule has 168 valence electrons. The smallest absolute Gasteiger partial charge is 0.335 e. The second-order valence-electron chi connectivity index (χ2n) is 8.96. The van der Waals surface area contributed by atoms with Gasteiger partial charge in [0.05, 0.1) is 17.4 Å². The molecule has 1 fully saturated rings. The van der Waals surface area contributed by atoms with Gasteiger partial charge in [-0.15, -0.1) is 0 Å². The van der Waals surface area contributed by atoms with Gasteiger partial charge in [0.2, 0.25) is 17.7 Å². The lowest BCUT2D eigenvalue weighted by atomic mass is 9.55. The molecule has 4 aliphatic rings. The largest absolute Gasteiger partial charge is 0.478 e. The van der Waals surface area contributed by atoms with Crippen LogP contribution in [0.15, 0.2) is 72.8 Å². The summed E-state index contributed by atoms with van der Waals surface area (Å²) in [4.78, 5) is 52.1. The molecular weight excluding hydrogens is 432 g/mol. The molecular formula is C27H20N2O5. The lowest BCUT2D eigenvalue weighted by Crippen LogP contribution is -2.41. The first-order valence-electron chi connectivity index (χ1n) is 11.1. The first-order chi connectivity index (χ1) is 16.5. The summed E-state index contributed by atoms with van der Waals surface area (Å²) in [6, 6.07) is 21.8. The molecule has 1 heterocycles. The van der Waals surface area contributed by atoms with E-state index in [1.54, 1.807) is 6.07 Å². The monoisotopic (exact) mass is 452 g/mol. The fraction of sp³-hybridized carbons (Fsp3) is 0.185. The van der Waals surface area contributed by atoms with Gasteiger partial charge in [0, 0.05) is 17.5 Å². The zero-order chi connectivity index (χ0) is 23.6. The van der Waals surface area contributed by atoms with E-state index < -0.39 is 30.3 Å². The van der Waals surface area contributed by atoms with Crippen molar-refractivity contribution >= 4 is 29.4 Å². The average molecular weight is 452 g/mol. The van der Waals surface area contributed by atoms with Crippen LogP contribution < -0.4 is 5.32 Å². The third kappa shape index (κ3) is 2.83. The van der Waals surface area contributed by atoms with E-state index in [0.29, 0.717) is 5.69 Å². The normalized spacial score (nSPS) is 23.8. The van der Waals surface area contributed by atoms with Crippen LogP contribution in [0.5, 0.6) is 0 Å². The summed E-state index contributed by atoms with van der Waals surface area (Å²) >= 11 is 0. The maximum Gasteiger partial charge on any atom is 0.335 e. The van der Waals surface area contributed by atoms with Crippen molar-refractivity contribution in [2.45, 2.75) is 11.8 Å². The van der Waals surface area contributed by atoms with Crippen LogP contribution in [0, 0.1) is 11.8 Å². The molecule has 3 aliphatic carbocycles. The second-order valence-corrected chi connectivity index (χ2v) is 8.96. The number of likely N-dealkylation sites (tertiary alicyclic amines) is 1. The van der Waals surface area contributed by atoms with E-state index in [1.165, 1.54) is 18.2 Å². The third-order valence-electron chi connectivity index (χ3n) is 7.23. The van der Waals surface area contributed by atoms with Crippen LogP contribution in [0.3, 0.4) is 0 Å². The molecule has 3 aromatic carbocycles. The van der Waals surface area contributed by atoms with Crippen molar-refractivity contribution in [1.82, 2.24) is 4.90 Å². The molecule has 0 unspecified atom stereocenters. The number of carbonyl (C=O) groups excluding carboxylic acids is 3. The molecule has 0 spiro atoms. The van der Waals surface area contributed by atoms with Gasteiger partial charge < -0.3 is 10.4 Å². The van der Waals surface area contributed by atoms with E-state index in [0.717, 1.165) is 27.2 Å². The quantitative estimate of drug-likeness (QED) is 0.592. The first-order valence-corrected chi connectivity index (χ1v) is 11.1. The van der Waals surface area contributed by atoms with Crippen LogP contribution in [-0.4, -0.2) is 40.2 Å². The minimum Gasteiger partial charge on any atom is -0.478 e. The summed E-state index contributed by atoms with van der Waals surface area (Å²) in [5, 5.41) is 11.8. The maximum absolute atomic E-state index is 13.5. The summed E-state index contributed by atoms with van der Waals surface area (Å²) in [7, 11) is 0. The topological polar surface area (TPSA) is 104 Å². The fourth-order valence-electron chi connectivity index (χ4n) is 5.97. The van der Waals surface area contributed by atoms with Gasteiger partial charge in [0.1, 0.15) is 6.54 Å². The Morgan fingerprint density at radius 3 is 1.74 bits per heavy atom. The van der Waals surface area contributed by atoms with Crippen molar-refractivity contribution in [3.63, 3.8) is 0 Å². The van der Waals surface area contributed by atoms with Crippen molar-refractivity contribution in [2.24, 2.45) is 11.8 Å². The van der Waals surface area contributed by atoms with Crippen molar-refractivity contribution in [3.05, 3.63) is 101 Å². The summed E-state index contributed by atoms with van der Waals surface area (Å²) in [5.74, 6) is -3.84. The number of nitrogens with zero attached hydrogens (tertiary/aromatic N) is 1. The van der Waals surface area contributed by atoms with Crippen LogP contribution in [0.25, 0.3) is 0 Å². The molecule has 34 heavy (non-hydrogen) atoms. The van der Waals surface area contributed by atoms with Crippen molar-refractivity contribution in [1.29, 1.82) is 0 Å². The number of hydrogen-bond donors (Lipinski definition) is 2. The highest BCUT2D eigenvalue weighted by Gasteiger charge is 2.61. The Bertz CT molecular complexity index is 1280. The number of benzene rings is 3. The van der Waals surface area contributed by atoms with E-state index in [9.17, 15) is 19.2 Å². The zero-order valence-corrected chi connectivity index (χ0v) is 18.0. The number of carboxylic acid groups (broad SMARTS) is 1. The minimum absolute atomic E-state index is 0.0317. The van der Waals surface area contributed by atoms with E-state index in [1.807, 2.05) is 48.5 Å². The Morgan fingerprint density at radius 1 is 0.765 bits per heavy atom. The van der Waals surface area contributed by atoms with Gasteiger partial charge in [0.25, 0.3) is 0 Å². The number of rotatable bonds is 4. The van der Waals surface area contributed by atoms with Gasteiger partial charge in [0.15, 0.2) is 0 Å². The molecule has 1 aliphatic heterocycles. The Labute approximate surface area is 195 Å². The number of aromatic carboxylic acids is 1. The Hall–Kier alpha value is -4.26. The molecule has 7 rings (SSSR count). The summed E-state index contributed by atoms with van der Waals surface area (Å²) in [6.45, 7) is -0.409. The molecule has 2 bridgehead atoms. The summed E-state index contributed by atoms with van der Waals surface area (Å²) in [5.41, 5.74) is 4.62. The van der Waals surface area contributed by atoms with E-state index in [4.69, 9.17) is 5.11 Å². The predicted octanol–water partition coefficient (Wildman–Crippen LogP) is 3.22. The summed E-state index contributed by atoms with van der Waals surface area (Å²) < 4.78 is 0. The van der Waals surface area contributed by atoms with Gasteiger partial charge in [-0.05, 0) is 40.5 Å². The van der Waals surface area contributed by atoms with E-state index in [2.05, 4.69) is 5.32 Å². The molecule has 7 heteroatoms. The van der Waals surface area contributed by atoms with E-state index in [-0.39, 0.29) is 29.2 Å². The number of nitrogens with one attached hydrogen (secondary N) is 1. The number of anilines is 1. The zero-order valence-electron chi connectivity index (χ0n) is 18.0. The van der Waals surface area contributed by atoms with E-state index >= 15 is 0 Å². The van der Waals surface area contributed by atoms with Crippen LogP contribution in [0.1, 0.15) is 44.4 Å². The first kappa shape index (κ1) is 20.4. The summed E-state index contributed by atoms with van der Waals surface area (Å²) in [6.07, 6.45) is 0. The highest BCUT2D eigenvalue weighted by molar-refractivity contribution is 6.10. The maximum atomic E-state index is 13.5. The molecule has 1 saturated heterocycles. The van der Waals surface area contributed by atoms with Crippen molar-refractivity contribution in [3.8, 4) is 0 Å². The minimum atomic E-state index is -1.11. The lowest BCUT2D eigenvalue weighted by molar-refractivity contribution is -0.142. The molecule has 0 radical (unpaired) electrons.